The van der Waals surface area contributed by atoms with E-state index < -0.39 is 5.97 Å². The molecule has 0 aromatic heterocycles. The normalized spacial score (nSPS) is 11.3. The number of hydrogen-bond donors (Lipinski definition) is 0. The third kappa shape index (κ3) is 67.0. The van der Waals surface area contributed by atoms with Crippen molar-refractivity contribution < 1.29 is 62.0 Å². The highest BCUT2D eigenvalue weighted by atomic mass is 32.2. The molecule has 0 rings (SSSR count). The van der Waals surface area contributed by atoms with Crippen LogP contribution in [0.3, 0.4) is 0 Å². The molecule has 0 aromatic carbocycles. The average Bonchev–Trinajstić information content (AvgIpc) is 3.40. The van der Waals surface area contributed by atoms with Crippen molar-refractivity contribution in [3.05, 3.63) is 0 Å². The number of ether oxygens (including phenoxy) is 6. The third-order valence-corrected chi connectivity index (χ3v) is 12.8. The van der Waals surface area contributed by atoms with E-state index in [0.29, 0.717) is 38.3 Å². The SMILES string of the molecule is CCCCCCCCC.CCCCCCCCC(=O)OCC(COC)COC(=O)CCN(CCC=O)C(=O)SCCCN(C)C.CCCCCCCCC(=O)OCC(COC)COC=O.CCCCCCCCC=O. The molecule has 0 saturated heterocycles. The van der Waals surface area contributed by atoms with Crippen molar-refractivity contribution in [2.45, 2.75) is 234 Å². The number of amides is 1. The number of esters is 3. The van der Waals surface area contributed by atoms with Crippen LogP contribution < -0.4 is 0 Å². The summed E-state index contributed by atoms with van der Waals surface area (Å²) < 4.78 is 30.7. The van der Waals surface area contributed by atoms with E-state index in [-0.39, 0.29) is 81.4 Å². The highest BCUT2D eigenvalue weighted by Crippen LogP contribution is 2.14. The Hall–Kier alpha value is -3.08. The molecule has 1 amide bonds. The van der Waals surface area contributed by atoms with Crippen molar-refractivity contribution in [2.24, 2.45) is 11.8 Å². The molecular formula is C59H114N2O13S. The topological polar surface area (TPSA) is 181 Å². The van der Waals surface area contributed by atoms with Crippen molar-refractivity contribution in [3.8, 4) is 0 Å². The molecule has 2 unspecified atom stereocenters. The number of rotatable bonds is 50. The summed E-state index contributed by atoms with van der Waals surface area (Å²) in [4.78, 5) is 82.7. The van der Waals surface area contributed by atoms with Crippen molar-refractivity contribution in [1.29, 1.82) is 0 Å². The van der Waals surface area contributed by atoms with Crippen LogP contribution in [0.2, 0.25) is 0 Å². The Bertz CT molecular complexity index is 1260. The third-order valence-electron chi connectivity index (χ3n) is 11.8. The summed E-state index contributed by atoms with van der Waals surface area (Å²) in [6, 6.07) is 0. The number of unbranched alkanes of at least 4 members (excludes halogenated alkanes) is 22. The summed E-state index contributed by atoms with van der Waals surface area (Å²) in [6.07, 6.45) is 35.6. The number of carbonyl (C=O) groups excluding carboxylic acids is 7. The second-order valence-corrected chi connectivity index (χ2v) is 20.7. The summed E-state index contributed by atoms with van der Waals surface area (Å²) in [5.74, 6) is -0.560. The van der Waals surface area contributed by atoms with E-state index in [1.54, 1.807) is 14.2 Å². The number of aldehydes is 2. The minimum Gasteiger partial charge on any atom is -0.467 e. The molecule has 444 valence electrons. The second-order valence-electron chi connectivity index (χ2n) is 19.6. The van der Waals surface area contributed by atoms with E-state index in [1.165, 1.54) is 139 Å². The zero-order valence-corrected chi connectivity index (χ0v) is 50.3. The number of hydrogen-bond acceptors (Lipinski definition) is 15. The standard InChI is InChI=1S/C26H48N2O7S.C15H28O5.C9H18O.C9H20/c1-5-6-7-8-9-10-13-24(30)34-21-23(20-33-4)22-35-25(31)14-17-28(16-11-18-29)26(32)36-19-12-15-27(2)3;1-3-4-5-6-7-8-9-15(17)20-12-14(10-18-2)11-19-13-16;1-2-3-4-5-6-7-8-9-10;1-3-5-7-9-8-6-4-2/h18,23H,5-17,19-22H2,1-4H3;13-14H,3-12H2,1-2H3;9H,2-8H2,1H3;3-9H2,1-2H3. The van der Waals surface area contributed by atoms with Gasteiger partial charge in [-0.1, -0.05) is 188 Å². The molecule has 0 radical (unpaired) electrons. The molecule has 0 aliphatic carbocycles. The fraction of sp³-hybridized carbons (Fsp3) is 0.881. The number of methoxy groups -OCH3 is 2. The quantitative estimate of drug-likeness (QED) is 0.0243. The van der Waals surface area contributed by atoms with Crippen LogP contribution in [0.5, 0.6) is 0 Å². The van der Waals surface area contributed by atoms with Crippen LogP contribution in [0.4, 0.5) is 4.79 Å². The monoisotopic (exact) mass is 1090 g/mol. The van der Waals surface area contributed by atoms with Gasteiger partial charge in [0.2, 0.25) is 0 Å². The summed E-state index contributed by atoms with van der Waals surface area (Å²) in [5.41, 5.74) is 0. The Kier molecular flexibility index (Phi) is 70.1. The van der Waals surface area contributed by atoms with Gasteiger partial charge in [-0.25, -0.2) is 0 Å². The maximum Gasteiger partial charge on any atom is 0.307 e. The van der Waals surface area contributed by atoms with Crippen molar-refractivity contribution in [1.82, 2.24) is 9.80 Å². The number of nitrogens with zero attached hydrogens (tertiary/aromatic N) is 2. The fourth-order valence-corrected chi connectivity index (χ4v) is 8.10. The van der Waals surface area contributed by atoms with Gasteiger partial charge in [-0.2, -0.15) is 0 Å². The Morgan fingerprint density at radius 3 is 1.17 bits per heavy atom. The summed E-state index contributed by atoms with van der Waals surface area (Å²) in [6.45, 7) is 14.2. The van der Waals surface area contributed by atoms with Gasteiger partial charge >= 0.3 is 17.9 Å². The smallest absolute Gasteiger partial charge is 0.307 e. The first kappa shape index (κ1) is 78.4. The average molecular weight is 1090 g/mol. The Morgan fingerprint density at radius 2 is 0.800 bits per heavy atom. The lowest BCUT2D eigenvalue weighted by atomic mass is 10.1. The lowest BCUT2D eigenvalue weighted by Crippen LogP contribution is -2.32. The van der Waals surface area contributed by atoms with Gasteiger partial charge in [-0.05, 0) is 46.3 Å². The largest absolute Gasteiger partial charge is 0.467 e. The van der Waals surface area contributed by atoms with Gasteiger partial charge < -0.3 is 47.8 Å². The van der Waals surface area contributed by atoms with Crippen LogP contribution in [0.25, 0.3) is 0 Å². The molecule has 0 N–H and O–H groups in total. The van der Waals surface area contributed by atoms with Crippen LogP contribution in [0.15, 0.2) is 0 Å². The van der Waals surface area contributed by atoms with Crippen LogP contribution >= 0.6 is 11.8 Å². The Balaban J connectivity index is -0.000000533. The zero-order chi connectivity index (χ0) is 56.7. The molecule has 0 fully saturated rings. The molecule has 0 spiro atoms. The van der Waals surface area contributed by atoms with Crippen molar-refractivity contribution in [3.63, 3.8) is 0 Å². The van der Waals surface area contributed by atoms with Gasteiger partial charge in [-0.3, -0.25) is 24.0 Å². The molecule has 0 aliphatic rings. The van der Waals surface area contributed by atoms with Gasteiger partial charge in [0.15, 0.2) is 0 Å². The van der Waals surface area contributed by atoms with Gasteiger partial charge in [0.05, 0.1) is 57.9 Å². The van der Waals surface area contributed by atoms with Gasteiger partial charge in [0.25, 0.3) is 11.7 Å². The maximum absolute atomic E-state index is 12.5. The summed E-state index contributed by atoms with van der Waals surface area (Å²) in [5, 5.41) is -0.141. The van der Waals surface area contributed by atoms with Crippen molar-refractivity contribution in [2.75, 3.05) is 93.3 Å². The minimum absolute atomic E-state index is 0.0282. The van der Waals surface area contributed by atoms with Crippen LogP contribution in [0, 0.1) is 11.8 Å². The molecule has 0 bridgehead atoms. The molecule has 0 aliphatic heterocycles. The van der Waals surface area contributed by atoms with Crippen LogP contribution in [-0.4, -0.2) is 145 Å². The Labute approximate surface area is 462 Å². The molecule has 0 aromatic rings. The first-order valence-corrected chi connectivity index (χ1v) is 30.3. The van der Waals surface area contributed by atoms with E-state index in [0.717, 1.165) is 70.5 Å². The van der Waals surface area contributed by atoms with Gasteiger partial charge in [0, 0.05) is 58.7 Å². The molecule has 0 saturated carbocycles. The van der Waals surface area contributed by atoms with Crippen LogP contribution in [-0.2, 0) is 57.2 Å². The highest BCUT2D eigenvalue weighted by Gasteiger charge is 2.19. The number of carbonyl (C=O) groups is 7. The molecule has 15 nitrogen and oxygen atoms in total. The molecule has 75 heavy (non-hydrogen) atoms. The first-order valence-electron chi connectivity index (χ1n) is 29.3. The predicted octanol–water partition coefficient (Wildman–Crippen LogP) is 13.6. The maximum atomic E-state index is 12.5. The molecule has 0 heterocycles. The van der Waals surface area contributed by atoms with Gasteiger partial charge in [0.1, 0.15) is 12.6 Å². The lowest BCUT2D eigenvalue weighted by molar-refractivity contribution is -0.151. The summed E-state index contributed by atoms with van der Waals surface area (Å²) in [7, 11) is 7.06. The van der Waals surface area contributed by atoms with E-state index in [2.05, 4.69) is 44.3 Å². The van der Waals surface area contributed by atoms with Crippen LogP contribution in [0.1, 0.15) is 234 Å². The highest BCUT2D eigenvalue weighted by molar-refractivity contribution is 8.13. The zero-order valence-electron chi connectivity index (χ0n) is 49.5. The molecule has 2 atom stereocenters. The summed E-state index contributed by atoms with van der Waals surface area (Å²) >= 11 is 1.20. The predicted molar refractivity (Wildman–Crippen MR) is 307 cm³/mol. The van der Waals surface area contributed by atoms with E-state index in [1.807, 2.05) is 14.1 Å². The molecule has 16 heteroatoms. The van der Waals surface area contributed by atoms with Crippen molar-refractivity contribution >= 4 is 54.0 Å². The van der Waals surface area contributed by atoms with E-state index in [4.69, 9.17) is 23.7 Å². The lowest BCUT2D eigenvalue weighted by Gasteiger charge is -2.21. The van der Waals surface area contributed by atoms with E-state index >= 15 is 0 Å². The van der Waals surface area contributed by atoms with Gasteiger partial charge in [-0.15, -0.1) is 0 Å². The number of thioether (sulfide) groups is 1. The fourth-order valence-electron chi connectivity index (χ4n) is 7.28. The molecular weight excluding hydrogens is 977 g/mol. The first-order chi connectivity index (χ1) is 36.4. The second kappa shape index (κ2) is 67.0. The van der Waals surface area contributed by atoms with E-state index in [9.17, 15) is 33.6 Å². The Morgan fingerprint density at radius 1 is 0.427 bits per heavy atom. The minimum atomic E-state index is -0.448.